The van der Waals surface area contributed by atoms with Crippen molar-refractivity contribution in [3.63, 3.8) is 0 Å². The molecule has 1 aliphatic heterocycles. The molecule has 54 heavy (non-hydrogen) atoms. The van der Waals surface area contributed by atoms with Crippen LogP contribution in [0.25, 0.3) is 0 Å². The van der Waals surface area contributed by atoms with Gasteiger partial charge in [-0.05, 0) is 75.1 Å². The molecule has 0 aromatic heterocycles. The van der Waals surface area contributed by atoms with Crippen LogP contribution in [0.5, 0.6) is 23.0 Å². The first-order valence-corrected chi connectivity index (χ1v) is 18.1. The lowest BCUT2D eigenvalue weighted by molar-refractivity contribution is -0.135. The lowest BCUT2D eigenvalue weighted by Crippen LogP contribution is -2.48. The summed E-state index contributed by atoms with van der Waals surface area (Å²) in [6.45, 7) is 6.79. The predicted octanol–water partition coefficient (Wildman–Crippen LogP) is 6.58. The first-order chi connectivity index (χ1) is 25.6. The fraction of sp³-hybridized carbons (Fsp3) is 0.450. The summed E-state index contributed by atoms with van der Waals surface area (Å²) in [6, 6.07) is 12.0. The number of amides is 4. The predicted molar refractivity (Wildman–Crippen MR) is 205 cm³/mol. The highest BCUT2D eigenvalue weighted by atomic mass is 35.5. The summed E-state index contributed by atoms with van der Waals surface area (Å²) in [7, 11) is 6.04. The van der Waals surface area contributed by atoms with Gasteiger partial charge >= 0.3 is 12.0 Å². The molecule has 1 heterocycles. The number of imide groups is 1. The van der Waals surface area contributed by atoms with Gasteiger partial charge in [0.05, 0.1) is 58.1 Å². The summed E-state index contributed by atoms with van der Waals surface area (Å²) in [6.07, 6.45) is 2.20. The summed E-state index contributed by atoms with van der Waals surface area (Å²) < 4.78 is 27.8. The number of benzene rings is 3. The van der Waals surface area contributed by atoms with E-state index in [2.05, 4.69) is 5.32 Å². The number of urea groups is 1. The van der Waals surface area contributed by atoms with Crippen molar-refractivity contribution in [2.24, 2.45) is 5.92 Å². The van der Waals surface area contributed by atoms with E-state index in [9.17, 15) is 19.2 Å². The molecule has 2 atom stereocenters. The highest BCUT2D eigenvalue weighted by Gasteiger charge is 2.39. The standard InChI is InChI=1S/C40H51ClN4O9/c1-9-10-11-32(24-12-14-29(31(42)18-24)38(48)54-40(2,3)4)43-39(49)45-23-36(46)44(22-30-34(52-7)19-28(50-5)20-35(30)53-8)21-26(37(45)47)16-25-17-27(41)13-15-33(25)51-6/h12-15,17-20,26,32H,9-11,16,21-23,42H2,1-8H3,(H,43,49)/t26-,32+/m0/s1. The van der Waals surface area contributed by atoms with Crippen LogP contribution >= 0.6 is 11.6 Å². The number of esters is 1. The molecule has 1 fully saturated rings. The van der Waals surface area contributed by atoms with Gasteiger partial charge in [0.15, 0.2) is 0 Å². The Morgan fingerprint density at radius 1 is 0.944 bits per heavy atom. The molecule has 0 saturated carbocycles. The quantitative estimate of drug-likeness (QED) is 0.136. The minimum atomic E-state index is -0.873. The van der Waals surface area contributed by atoms with E-state index in [-0.39, 0.29) is 30.8 Å². The van der Waals surface area contributed by atoms with Crippen molar-refractivity contribution >= 4 is 41.1 Å². The second-order valence-electron chi connectivity index (χ2n) is 14.1. The molecule has 13 nitrogen and oxygen atoms in total. The Morgan fingerprint density at radius 3 is 2.19 bits per heavy atom. The number of unbranched alkanes of at least 4 members (excludes halogenated alkanes) is 1. The molecule has 1 aliphatic rings. The number of ether oxygens (including phenoxy) is 5. The van der Waals surface area contributed by atoms with Crippen LogP contribution in [0.3, 0.4) is 0 Å². The second-order valence-corrected chi connectivity index (χ2v) is 14.5. The molecule has 3 N–H and O–H groups in total. The molecule has 1 saturated heterocycles. The minimum absolute atomic E-state index is 0.0174. The molecule has 0 bridgehead atoms. The van der Waals surface area contributed by atoms with Gasteiger partial charge in [0, 0.05) is 29.4 Å². The van der Waals surface area contributed by atoms with Gasteiger partial charge in [0.1, 0.15) is 35.1 Å². The number of hydrogen-bond donors (Lipinski definition) is 2. The number of carbonyl (C=O) groups is 4. The molecule has 14 heteroatoms. The van der Waals surface area contributed by atoms with Crippen molar-refractivity contribution in [1.82, 2.24) is 15.1 Å². The molecule has 3 aromatic carbocycles. The first-order valence-electron chi connectivity index (χ1n) is 17.8. The number of carbonyl (C=O) groups excluding carboxylic acids is 4. The zero-order valence-electron chi connectivity index (χ0n) is 32.2. The molecular formula is C40H51ClN4O9. The maximum atomic E-state index is 14.4. The molecule has 292 valence electrons. The van der Waals surface area contributed by atoms with E-state index in [4.69, 9.17) is 41.0 Å². The maximum absolute atomic E-state index is 14.4. The van der Waals surface area contributed by atoms with Gasteiger partial charge in [-0.15, -0.1) is 0 Å². The summed E-state index contributed by atoms with van der Waals surface area (Å²) in [5.74, 6) is -0.591. The fourth-order valence-corrected chi connectivity index (χ4v) is 6.52. The number of methoxy groups -OCH3 is 4. The van der Waals surface area contributed by atoms with Crippen LogP contribution in [0.2, 0.25) is 5.02 Å². The summed E-state index contributed by atoms with van der Waals surface area (Å²) >= 11 is 6.36. The van der Waals surface area contributed by atoms with Gasteiger partial charge in [0.2, 0.25) is 11.8 Å². The number of nitrogens with two attached hydrogens (primary N) is 1. The summed E-state index contributed by atoms with van der Waals surface area (Å²) in [5, 5.41) is 3.43. The number of rotatable bonds is 14. The Bertz CT molecular complexity index is 1820. The number of nitrogens with zero attached hydrogens (tertiary/aromatic N) is 2. The van der Waals surface area contributed by atoms with Gasteiger partial charge in [0.25, 0.3) is 0 Å². The van der Waals surface area contributed by atoms with E-state index in [0.717, 1.165) is 17.7 Å². The molecule has 0 aliphatic carbocycles. The first kappa shape index (κ1) is 41.6. The molecule has 0 unspecified atom stereocenters. The molecule has 0 spiro atoms. The highest BCUT2D eigenvalue weighted by molar-refractivity contribution is 6.30. The molecule has 0 radical (unpaired) electrons. The number of anilines is 1. The van der Waals surface area contributed by atoms with Crippen molar-refractivity contribution < 1.29 is 42.9 Å². The van der Waals surface area contributed by atoms with Crippen LogP contribution in [0.1, 0.15) is 80.0 Å². The molecule has 3 aromatic rings. The third kappa shape index (κ3) is 10.3. The van der Waals surface area contributed by atoms with Crippen molar-refractivity contribution in [2.45, 2.75) is 71.6 Å². The molecule has 4 amide bonds. The topological polar surface area (TPSA) is 159 Å². The van der Waals surface area contributed by atoms with E-state index >= 15 is 0 Å². The zero-order chi connectivity index (χ0) is 39.7. The van der Waals surface area contributed by atoms with E-state index in [1.807, 2.05) is 6.92 Å². The zero-order valence-corrected chi connectivity index (χ0v) is 33.0. The second kappa shape index (κ2) is 18.2. The van der Waals surface area contributed by atoms with Crippen LogP contribution in [0, 0.1) is 5.92 Å². The Balaban J connectivity index is 1.70. The maximum Gasteiger partial charge on any atom is 0.340 e. The van der Waals surface area contributed by atoms with E-state index < -0.39 is 47.9 Å². The summed E-state index contributed by atoms with van der Waals surface area (Å²) in [4.78, 5) is 58.0. The third-order valence-electron chi connectivity index (χ3n) is 9.06. The number of nitrogens with one attached hydrogen (secondary N) is 1. The van der Waals surface area contributed by atoms with Gasteiger partial charge in [-0.3, -0.25) is 14.5 Å². The van der Waals surface area contributed by atoms with Gasteiger partial charge < -0.3 is 39.6 Å². The smallest absolute Gasteiger partial charge is 0.340 e. The fourth-order valence-electron chi connectivity index (χ4n) is 6.33. The van der Waals surface area contributed by atoms with E-state index in [0.29, 0.717) is 51.1 Å². The third-order valence-corrected chi connectivity index (χ3v) is 9.30. The van der Waals surface area contributed by atoms with E-state index in [1.165, 1.54) is 33.3 Å². The highest BCUT2D eigenvalue weighted by Crippen LogP contribution is 2.36. The Labute approximate surface area is 321 Å². The van der Waals surface area contributed by atoms with E-state index in [1.54, 1.807) is 69.3 Å². The van der Waals surface area contributed by atoms with Gasteiger partial charge in [-0.25, -0.2) is 9.59 Å². The van der Waals surface area contributed by atoms with Crippen molar-refractivity contribution in [2.75, 3.05) is 47.3 Å². The largest absolute Gasteiger partial charge is 0.496 e. The average Bonchev–Trinajstić information content (AvgIpc) is 3.24. The normalized spacial score (nSPS) is 15.3. The SMILES string of the molecule is CCCC[C@@H](NC(=O)N1CC(=O)N(Cc2c(OC)cc(OC)cc2OC)C[C@H](Cc2cc(Cl)ccc2OC)C1=O)c1ccc(C(=O)OC(C)(C)C)c(N)c1. The summed E-state index contributed by atoms with van der Waals surface area (Å²) in [5.41, 5.74) is 7.84. The average molecular weight is 767 g/mol. The van der Waals surface area contributed by atoms with Crippen LogP contribution in [-0.4, -0.2) is 80.7 Å². The number of nitrogen functional groups attached to an aromatic ring is 1. The number of halogens is 1. The monoisotopic (exact) mass is 766 g/mol. The lowest BCUT2D eigenvalue weighted by Gasteiger charge is -2.26. The van der Waals surface area contributed by atoms with Gasteiger partial charge in [-0.2, -0.15) is 0 Å². The lowest BCUT2D eigenvalue weighted by atomic mass is 9.96. The van der Waals surface area contributed by atoms with Crippen LogP contribution in [0.4, 0.5) is 10.5 Å². The van der Waals surface area contributed by atoms with Crippen LogP contribution in [-0.2, 0) is 27.3 Å². The van der Waals surface area contributed by atoms with Gasteiger partial charge in [-0.1, -0.05) is 37.4 Å². The molecule has 4 rings (SSSR count). The van der Waals surface area contributed by atoms with Crippen molar-refractivity contribution in [3.8, 4) is 23.0 Å². The van der Waals surface area contributed by atoms with Crippen LogP contribution in [0.15, 0.2) is 48.5 Å². The Morgan fingerprint density at radius 2 is 1.61 bits per heavy atom. The van der Waals surface area contributed by atoms with Crippen molar-refractivity contribution in [3.05, 3.63) is 75.8 Å². The molecular weight excluding hydrogens is 716 g/mol. The Kier molecular flexibility index (Phi) is 14.0. The van der Waals surface area contributed by atoms with Crippen LogP contribution < -0.4 is 30.0 Å². The number of hydrogen-bond acceptors (Lipinski definition) is 10. The van der Waals surface area contributed by atoms with Crippen molar-refractivity contribution in [1.29, 1.82) is 0 Å². The Hall–Kier alpha value is -5.17. The minimum Gasteiger partial charge on any atom is -0.496 e.